The lowest BCUT2D eigenvalue weighted by molar-refractivity contribution is -0.116. The van der Waals surface area contributed by atoms with E-state index in [2.05, 4.69) is 5.32 Å². The summed E-state index contributed by atoms with van der Waals surface area (Å²) in [6.45, 7) is 1.83. The van der Waals surface area contributed by atoms with E-state index >= 15 is 0 Å². The molecule has 0 atom stereocenters. The second-order valence-electron chi connectivity index (χ2n) is 5.68. The Bertz CT molecular complexity index is 896. The lowest BCUT2D eigenvalue weighted by atomic mass is 10.1. The first-order valence-corrected chi connectivity index (χ1v) is 8.35. The molecule has 2 aromatic rings. The molecule has 0 saturated heterocycles. The van der Waals surface area contributed by atoms with E-state index in [9.17, 15) is 14.4 Å². The van der Waals surface area contributed by atoms with Gasteiger partial charge in [0.05, 0.1) is 16.1 Å². The van der Waals surface area contributed by atoms with Crippen molar-refractivity contribution in [2.45, 2.75) is 13.3 Å². The van der Waals surface area contributed by atoms with Crippen molar-refractivity contribution in [2.24, 2.45) is 0 Å². The molecule has 0 aromatic heterocycles. The standard InChI is InChI=1S/C18H14Cl2N2O3/c1-10-5-6-11(19)9-14(10)21-15(23)7-8-22-17(24)12-3-2-4-13(20)16(12)18(22)25/h2-6,9H,7-8H2,1H3,(H,21,23). The van der Waals surface area contributed by atoms with Crippen LogP contribution in [0.3, 0.4) is 0 Å². The molecule has 0 spiro atoms. The number of nitrogens with one attached hydrogen (secondary N) is 1. The summed E-state index contributed by atoms with van der Waals surface area (Å²) < 4.78 is 0. The largest absolute Gasteiger partial charge is 0.326 e. The maximum absolute atomic E-state index is 12.4. The van der Waals surface area contributed by atoms with Crippen molar-refractivity contribution in [1.29, 1.82) is 0 Å². The first kappa shape index (κ1) is 17.5. The number of carbonyl (C=O) groups is 3. The molecule has 3 rings (SSSR count). The van der Waals surface area contributed by atoms with Crippen molar-refractivity contribution in [3.05, 3.63) is 63.1 Å². The normalized spacial score (nSPS) is 13.2. The Kier molecular flexibility index (Phi) is 4.79. The molecular weight excluding hydrogens is 363 g/mol. The number of amides is 3. The minimum atomic E-state index is -0.475. The van der Waals surface area contributed by atoms with Gasteiger partial charge in [0.1, 0.15) is 0 Å². The summed E-state index contributed by atoms with van der Waals surface area (Å²) in [6, 6.07) is 9.90. The van der Waals surface area contributed by atoms with Crippen molar-refractivity contribution in [2.75, 3.05) is 11.9 Å². The van der Waals surface area contributed by atoms with Gasteiger partial charge in [-0.1, -0.05) is 35.3 Å². The number of benzene rings is 2. The van der Waals surface area contributed by atoms with Crippen LogP contribution in [-0.4, -0.2) is 29.2 Å². The molecule has 0 aliphatic carbocycles. The maximum atomic E-state index is 12.4. The monoisotopic (exact) mass is 376 g/mol. The van der Waals surface area contributed by atoms with Crippen LogP contribution >= 0.6 is 23.2 Å². The van der Waals surface area contributed by atoms with Gasteiger partial charge in [-0.25, -0.2) is 0 Å². The van der Waals surface area contributed by atoms with Crippen molar-refractivity contribution in [1.82, 2.24) is 4.90 Å². The van der Waals surface area contributed by atoms with E-state index in [0.29, 0.717) is 10.7 Å². The Morgan fingerprint density at radius 3 is 2.60 bits per heavy atom. The van der Waals surface area contributed by atoms with Crippen molar-refractivity contribution < 1.29 is 14.4 Å². The van der Waals surface area contributed by atoms with Crippen molar-refractivity contribution >= 4 is 46.6 Å². The van der Waals surface area contributed by atoms with Gasteiger partial charge in [0, 0.05) is 23.7 Å². The number of aryl methyl sites for hydroxylation is 1. The number of anilines is 1. The van der Waals surface area contributed by atoms with Gasteiger partial charge < -0.3 is 5.32 Å². The Hall–Kier alpha value is -2.37. The fourth-order valence-corrected chi connectivity index (χ4v) is 3.08. The molecule has 0 unspecified atom stereocenters. The molecule has 0 fully saturated rings. The molecule has 1 heterocycles. The third-order valence-corrected chi connectivity index (χ3v) is 4.53. The van der Waals surface area contributed by atoms with Crippen LogP contribution in [-0.2, 0) is 4.79 Å². The molecule has 0 saturated carbocycles. The highest BCUT2D eigenvalue weighted by molar-refractivity contribution is 6.37. The number of fused-ring (bicyclic) bond motifs is 1. The summed E-state index contributed by atoms with van der Waals surface area (Å²) >= 11 is 11.9. The number of imide groups is 1. The van der Waals surface area contributed by atoms with Gasteiger partial charge in [0.25, 0.3) is 11.8 Å². The van der Waals surface area contributed by atoms with E-state index in [1.165, 1.54) is 0 Å². The van der Waals surface area contributed by atoms with Crippen molar-refractivity contribution in [3.63, 3.8) is 0 Å². The Balaban J connectivity index is 1.67. The summed E-state index contributed by atoms with van der Waals surface area (Å²) in [5.41, 5.74) is 1.93. The predicted molar refractivity (Wildman–Crippen MR) is 96.3 cm³/mol. The molecule has 5 nitrogen and oxygen atoms in total. The second-order valence-corrected chi connectivity index (χ2v) is 6.53. The lowest BCUT2D eigenvalue weighted by Gasteiger charge is -2.14. The van der Waals surface area contributed by atoms with E-state index in [0.717, 1.165) is 10.5 Å². The van der Waals surface area contributed by atoms with Gasteiger partial charge in [-0.2, -0.15) is 0 Å². The molecular formula is C18H14Cl2N2O3. The molecule has 0 radical (unpaired) electrons. The lowest BCUT2D eigenvalue weighted by Crippen LogP contribution is -2.33. The zero-order valence-electron chi connectivity index (χ0n) is 13.3. The summed E-state index contributed by atoms with van der Waals surface area (Å²) in [4.78, 5) is 37.9. The molecule has 2 aromatic carbocycles. The number of halogens is 2. The molecule has 3 amide bonds. The van der Waals surface area contributed by atoms with E-state index in [1.54, 1.807) is 36.4 Å². The summed E-state index contributed by atoms with van der Waals surface area (Å²) in [6.07, 6.45) is -0.0188. The van der Waals surface area contributed by atoms with Gasteiger partial charge in [-0.15, -0.1) is 0 Å². The molecule has 1 aliphatic heterocycles. The van der Waals surface area contributed by atoms with Crippen LogP contribution in [0.1, 0.15) is 32.7 Å². The third-order valence-electron chi connectivity index (χ3n) is 3.98. The minimum absolute atomic E-state index is 0.0188. The highest BCUT2D eigenvalue weighted by Crippen LogP contribution is 2.29. The van der Waals surface area contributed by atoms with Crippen LogP contribution < -0.4 is 5.32 Å². The maximum Gasteiger partial charge on any atom is 0.263 e. The molecule has 1 N–H and O–H groups in total. The fraction of sp³-hybridized carbons (Fsp3) is 0.167. The van der Waals surface area contributed by atoms with Gasteiger partial charge in [-0.3, -0.25) is 19.3 Å². The summed E-state index contributed by atoms with van der Waals surface area (Å²) in [7, 11) is 0. The van der Waals surface area contributed by atoms with E-state index in [-0.39, 0.29) is 35.0 Å². The third kappa shape index (κ3) is 3.38. The minimum Gasteiger partial charge on any atom is -0.326 e. The van der Waals surface area contributed by atoms with Crippen LogP contribution in [0.2, 0.25) is 10.0 Å². The quantitative estimate of drug-likeness (QED) is 0.822. The average Bonchev–Trinajstić information content (AvgIpc) is 2.81. The van der Waals surface area contributed by atoms with Crippen molar-refractivity contribution in [3.8, 4) is 0 Å². The number of rotatable bonds is 4. The van der Waals surface area contributed by atoms with E-state index in [1.807, 2.05) is 6.92 Å². The predicted octanol–water partition coefficient (Wildman–Crippen LogP) is 3.93. The first-order chi connectivity index (χ1) is 11.9. The van der Waals surface area contributed by atoms with Crippen LogP contribution in [0.25, 0.3) is 0 Å². The average molecular weight is 377 g/mol. The molecule has 0 bridgehead atoms. The van der Waals surface area contributed by atoms with Gasteiger partial charge in [0.15, 0.2) is 0 Å². The summed E-state index contributed by atoms with van der Waals surface area (Å²) in [5, 5.41) is 3.48. The van der Waals surface area contributed by atoms with Gasteiger partial charge in [0.2, 0.25) is 5.91 Å². The zero-order valence-corrected chi connectivity index (χ0v) is 14.8. The Morgan fingerprint density at radius 2 is 1.88 bits per heavy atom. The highest BCUT2D eigenvalue weighted by atomic mass is 35.5. The summed E-state index contributed by atoms with van der Waals surface area (Å²) in [5.74, 6) is -1.22. The molecule has 25 heavy (non-hydrogen) atoms. The topological polar surface area (TPSA) is 66.5 Å². The Morgan fingerprint density at radius 1 is 1.12 bits per heavy atom. The van der Waals surface area contributed by atoms with Crippen LogP contribution in [0, 0.1) is 6.92 Å². The SMILES string of the molecule is Cc1ccc(Cl)cc1NC(=O)CCN1C(=O)c2cccc(Cl)c2C1=O. The van der Waals surface area contributed by atoms with Crippen LogP contribution in [0.4, 0.5) is 5.69 Å². The van der Waals surface area contributed by atoms with Crippen LogP contribution in [0.15, 0.2) is 36.4 Å². The van der Waals surface area contributed by atoms with Gasteiger partial charge in [-0.05, 0) is 36.8 Å². The second kappa shape index (κ2) is 6.86. The Labute approximate surface area is 154 Å². The number of hydrogen-bond acceptors (Lipinski definition) is 3. The van der Waals surface area contributed by atoms with Gasteiger partial charge >= 0.3 is 0 Å². The smallest absolute Gasteiger partial charge is 0.263 e. The van der Waals surface area contributed by atoms with E-state index < -0.39 is 11.8 Å². The molecule has 128 valence electrons. The molecule has 1 aliphatic rings. The van der Waals surface area contributed by atoms with E-state index in [4.69, 9.17) is 23.2 Å². The highest BCUT2D eigenvalue weighted by Gasteiger charge is 2.37. The number of carbonyl (C=O) groups excluding carboxylic acids is 3. The zero-order chi connectivity index (χ0) is 18.1. The van der Waals surface area contributed by atoms with Crippen LogP contribution in [0.5, 0.6) is 0 Å². The first-order valence-electron chi connectivity index (χ1n) is 7.59. The number of hydrogen-bond donors (Lipinski definition) is 1. The fourth-order valence-electron chi connectivity index (χ4n) is 2.65. The number of nitrogens with zero attached hydrogens (tertiary/aromatic N) is 1. The molecule has 7 heteroatoms.